The van der Waals surface area contributed by atoms with Gasteiger partial charge in [-0.15, -0.1) is 0 Å². The van der Waals surface area contributed by atoms with Crippen LogP contribution in [0.5, 0.6) is 0 Å². The van der Waals surface area contributed by atoms with Crippen molar-refractivity contribution < 1.29 is 4.42 Å². The fourth-order valence-electron chi connectivity index (χ4n) is 8.58. The van der Waals surface area contributed by atoms with Crippen molar-refractivity contribution in [3.8, 4) is 39.1 Å². The van der Waals surface area contributed by atoms with Crippen molar-refractivity contribution in [2.45, 2.75) is 5.92 Å². The van der Waals surface area contributed by atoms with E-state index in [-0.39, 0.29) is 5.92 Å². The molecule has 11 rings (SSSR count). The Hall–Kier alpha value is -6.64. The number of fused-ring (bicyclic) bond motifs is 9. The molecule has 0 saturated carbocycles. The van der Waals surface area contributed by atoms with Crippen LogP contribution in [0.15, 0.2) is 186 Å². The highest BCUT2D eigenvalue weighted by molar-refractivity contribution is 6.11. The minimum Gasteiger partial charge on any atom is -0.456 e. The Morgan fingerprint density at radius 3 is 1.90 bits per heavy atom. The standard InChI is InChI=1S/C49H31NO/c1-2-11-31(12-3-1)32-21-25-35(26-22-32)50-45-19-8-6-14-37(45)44-30-34(24-28-46(44)50)33-23-27-40-43(29-33)36-13-4-5-16-39(36)48(40)42-18-10-17-41-38-15-7-9-20-47(38)51-49(41)42/h1-30,48H. The van der Waals surface area contributed by atoms with Crippen molar-refractivity contribution in [1.29, 1.82) is 0 Å². The lowest BCUT2D eigenvalue weighted by Gasteiger charge is -2.15. The summed E-state index contributed by atoms with van der Waals surface area (Å²) in [7, 11) is 0. The maximum atomic E-state index is 6.55. The third kappa shape index (κ3) is 4.23. The molecule has 1 unspecified atom stereocenters. The number of para-hydroxylation sites is 3. The highest BCUT2D eigenvalue weighted by atomic mass is 16.3. The van der Waals surface area contributed by atoms with Gasteiger partial charge < -0.3 is 8.98 Å². The fraction of sp³-hybridized carbons (Fsp3) is 0.0204. The van der Waals surface area contributed by atoms with Crippen LogP contribution in [-0.4, -0.2) is 4.57 Å². The van der Waals surface area contributed by atoms with E-state index in [1.165, 1.54) is 77.3 Å². The van der Waals surface area contributed by atoms with Crippen LogP contribution in [0.4, 0.5) is 0 Å². The van der Waals surface area contributed by atoms with E-state index in [1.807, 2.05) is 6.07 Å². The van der Waals surface area contributed by atoms with Gasteiger partial charge in [0.1, 0.15) is 11.2 Å². The molecule has 0 aliphatic heterocycles. The van der Waals surface area contributed by atoms with Gasteiger partial charge in [-0.2, -0.15) is 0 Å². The molecule has 2 heterocycles. The monoisotopic (exact) mass is 649 g/mol. The molecule has 0 amide bonds. The van der Waals surface area contributed by atoms with Crippen molar-refractivity contribution in [2.24, 2.45) is 0 Å². The number of hydrogen-bond donors (Lipinski definition) is 0. The zero-order chi connectivity index (χ0) is 33.5. The normalized spacial score (nSPS) is 13.7. The van der Waals surface area contributed by atoms with Gasteiger partial charge >= 0.3 is 0 Å². The molecule has 238 valence electrons. The van der Waals surface area contributed by atoms with Crippen molar-refractivity contribution in [2.75, 3.05) is 0 Å². The molecule has 0 N–H and O–H groups in total. The van der Waals surface area contributed by atoms with E-state index in [4.69, 9.17) is 4.42 Å². The molecule has 2 nitrogen and oxygen atoms in total. The van der Waals surface area contributed by atoms with E-state index in [0.717, 1.165) is 22.2 Å². The summed E-state index contributed by atoms with van der Waals surface area (Å²) < 4.78 is 8.95. The first kappa shape index (κ1) is 28.2. The van der Waals surface area contributed by atoms with Crippen LogP contribution >= 0.6 is 0 Å². The average molecular weight is 650 g/mol. The molecule has 2 heteroatoms. The third-order valence-corrected chi connectivity index (χ3v) is 10.9. The van der Waals surface area contributed by atoms with E-state index in [1.54, 1.807) is 0 Å². The quantitative estimate of drug-likeness (QED) is 0.186. The van der Waals surface area contributed by atoms with Gasteiger partial charge in [0.2, 0.25) is 0 Å². The molecule has 1 atom stereocenters. The molecular weight excluding hydrogens is 619 g/mol. The summed E-state index contributed by atoms with van der Waals surface area (Å²) in [6, 6.07) is 66.1. The van der Waals surface area contributed by atoms with Crippen LogP contribution in [0.2, 0.25) is 0 Å². The van der Waals surface area contributed by atoms with Gasteiger partial charge in [0, 0.05) is 38.7 Å². The van der Waals surface area contributed by atoms with Gasteiger partial charge in [0.25, 0.3) is 0 Å². The first-order chi connectivity index (χ1) is 25.3. The van der Waals surface area contributed by atoms with Gasteiger partial charge in [-0.05, 0) is 87.0 Å². The molecule has 8 aromatic carbocycles. The molecule has 10 aromatic rings. The summed E-state index contributed by atoms with van der Waals surface area (Å²) >= 11 is 0. The molecular formula is C49H31NO. The zero-order valence-electron chi connectivity index (χ0n) is 27.8. The van der Waals surface area contributed by atoms with Crippen LogP contribution in [0.1, 0.15) is 22.6 Å². The topological polar surface area (TPSA) is 18.1 Å². The summed E-state index contributed by atoms with van der Waals surface area (Å²) in [4.78, 5) is 0. The number of nitrogens with zero attached hydrogens (tertiary/aromatic N) is 1. The van der Waals surface area contributed by atoms with E-state index < -0.39 is 0 Å². The molecule has 1 aliphatic carbocycles. The number of furan rings is 1. The van der Waals surface area contributed by atoms with Crippen LogP contribution in [0.3, 0.4) is 0 Å². The molecule has 0 saturated heterocycles. The van der Waals surface area contributed by atoms with E-state index in [0.29, 0.717) is 0 Å². The van der Waals surface area contributed by atoms with Crippen molar-refractivity contribution in [1.82, 2.24) is 4.57 Å². The fourth-order valence-corrected chi connectivity index (χ4v) is 8.58. The summed E-state index contributed by atoms with van der Waals surface area (Å²) in [6.07, 6.45) is 0. The SMILES string of the molecule is c1ccc(-c2ccc(-n3c4ccccc4c4cc(-c5ccc6c(c5)-c5ccccc5C6c5cccc6c5oc5ccccc56)ccc43)cc2)cc1. The minimum absolute atomic E-state index is 0.100. The summed E-state index contributed by atoms with van der Waals surface area (Å²) in [6.45, 7) is 0. The smallest absolute Gasteiger partial charge is 0.139 e. The highest BCUT2D eigenvalue weighted by Gasteiger charge is 2.32. The van der Waals surface area contributed by atoms with Crippen molar-refractivity contribution >= 4 is 43.7 Å². The zero-order valence-corrected chi connectivity index (χ0v) is 27.8. The van der Waals surface area contributed by atoms with Crippen LogP contribution < -0.4 is 0 Å². The molecule has 0 spiro atoms. The Morgan fingerprint density at radius 2 is 1.00 bits per heavy atom. The average Bonchev–Trinajstić information content (AvgIpc) is 3.86. The van der Waals surface area contributed by atoms with Gasteiger partial charge in [-0.1, -0.05) is 140 Å². The molecule has 0 radical (unpaired) electrons. The highest BCUT2D eigenvalue weighted by Crippen LogP contribution is 2.51. The van der Waals surface area contributed by atoms with Crippen molar-refractivity contribution in [3.63, 3.8) is 0 Å². The van der Waals surface area contributed by atoms with Crippen molar-refractivity contribution in [3.05, 3.63) is 199 Å². The third-order valence-electron chi connectivity index (χ3n) is 10.9. The predicted molar refractivity (Wildman–Crippen MR) is 212 cm³/mol. The van der Waals surface area contributed by atoms with Crippen LogP contribution in [-0.2, 0) is 0 Å². The number of rotatable bonds is 4. The van der Waals surface area contributed by atoms with Crippen LogP contribution in [0, 0.1) is 0 Å². The van der Waals surface area contributed by atoms with Gasteiger partial charge in [-0.3, -0.25) is 0 Å². The minimum atomic E-state index is 0.100. The Kier molecular flexibility index (Phi) is 6.05. The lowest BCUT2D eigenvalue weighted by molar-refractivity contribution is 0.661. The van der Waals surface area contributed by atoms with Gasteiger partial charge in [0.05, 0.1) is 11.0 Å². The van der Waals surface area contributed by atoms with Gasteiger partial charge in [0.15, 0.2) is 0 Å². The maximum Gasteiger partial charge on any atom is 0.139 e. The first-order valence-electron chi connectivity index (χ1n) is 17.6. The second-order valence-electron chi connectivity index (χ2n) is 13.6. The van der Waals surface area contributed by atoms with E-state index >= 15 is 0 Å². The predicted octanol–water partition coefficient (Wildman–Crippen LogP) is 13.2. The maximum absolute atomic E-state index is 6.55. The van der Waals surface area contributed by atoms with Gasteiger partial charge in [-0.25, -0.2) is 0 Å². The molecule has 1 aliphatic rings. The number of hydrogen-bond acceptors (Lipinski definition) is 1. The van der Waals surface area contributed by atoms with E-state index in [2.05, 4.69) is 180 Å². The lowest BCUT2D eigenvalue weighted by Crippen LogP contribution is -1.99. The molecule has 0 bridgehead atoms. The Labute approximate surface area is 295 Å². The second-order valence-corrected chi connectivity index (χ2v) is 13.6. The number of benzene rings is 8. The first-order valence-corrected chi connectivity index (χ1v) is 17.6. The molecule has 0 fully saturated rings. The summed E-state index contributed by atoms with van der Waals surface area (Å²) in [5.74, 6) is 0.100. The van der Waals surface area contributed by atoms with Crippen LogP contribution in [0.25, 0.3) is 82.8 Å². The Balaban J connectivity index is 1.04. The van der Waals surface area contributed by atoms with E-state index in [9.17, 15) is 0 Å². The molecule has 51 heavy (non-hydrogen) atoms. The summed E-state index contributed by atoms with van der Waals surface area (Å²) in [5.41, 5.74) is 16.8. The molecule has 2 aromatic heterocycles. The Bertz CT molecular complexity index is 2960. The summed E-state index contributed by atoms with van der Waals surface area (Å²) in [5, 5.41) is 4.85. The number of aromatic nitrogens is 1. The second kappa shape index (κ2) is 10.9. The Morgan fingerprint density at radius 1 is 0.373 bits per heavy atom. The largest absolute Gasteiger partial charge is 0.456 e. The lowest BCUT2D eigenvalue weighted by atomic mass is 9.87.